The Labute approximate surface area is 110 Å². The molecular formula is C15H25NO2. The number of nitrogens with two attached hydrogens (primary N) is 1. The van der Waals surface area contributed by atoms with Crippen molar-refractivity contribution in [2.45, 2.75) is 46.1 Å². The van der Waals surface area contributed by atoms with Gasteiger partial charge in [-0.15, -0.1) is 0 Å². The molecule has 0 aliphatic rings. The van der Waals surface area contributed by atoms with Crippen LogP contribution in [0.1, 0.15) is 39.2 Å². The van der Waals surface area contributed by atoms with Crippen LogP contribution in [0.4, 0.5) is 0 Å². The molecule has 1 atom stereocenters. The van der Waals surface area contributed by atoms with Crippen molar-refractivity contribution in [2.75, 3.05) is 13.2 Å². The van der Waals surface area contributed by atoms with Crippen LogP contribution in [0.3, 0.4) is 0 Å². The first-order chi connectivity index (χ1) is 8.67. The monoisotopic (exact) mass is 251 g/mol. The highest BCUT2D eigenvalue weighted by Gasteiger charge is 2.06. The molecule has 18 heavy (non-hydrogen) atoms. The van der Waals surface area contributed by atoms with Gasteiger partial charge >= 0.3 is 0 Å². The van der Waals surface area contributed by atoms with Gasteiger partial charge in [-0.3, -0.25) is 0 Å². The van der Waals surface area contributed by atoms with Crippen molar-refractivity contribution in [3.8, 4) is 11.5 Å². The minimum atomic E-state index is 0.277. The van der Waals surface area contributed by atoms with Crippen LogP contribution in [0.5, 0.6) is 11.5 Å². The predicted molar refractivity (Wildman–Crippen MR) is 75.4 cm³/mol. The fraction of sp³-hybridized carbons (Fsp3) is 0.600. The summed E-state index contributed by atoms with van der Waals surface area (Å²) in [5.41, 5.74) is 7.03. The van der Waals surface area contributed by atoms with Crippen molar-refractivity contribution in [1.29, 1.82) is 0 Å². The summed E-state index contributed by atoms with van der Waals surface area (Å²) in [7, 11) is 0. The molecule has 102 valence electrons. The van der Waals surface area contributed by atoms with Gasteiger partial charge in [-0.1, -0.05) is 6.07 Å². The lowest BCUT2D eigenvalue weighted by Gasteiger charge is -2.12. The SMILES string of the molecule is CCOc1ccc(CCCC(C)N)cc1OCC. The summed E-state index contributed by atoms with van der Waals surface area (Å²) < 4.78 is 11.2. The molecule has 0 bridgehead atoms. The molecule has 3 heteroatoms. The Hall–Kier alpha value is -1.22. The second kappa shape index (κ2) is 7.98. The first-order valence-corrected chi connectivity index (χ1v) is 6.81. The van der Waals surface area contributed by atoms with E-state index in [0.29, 0.717) is 13.2 Å². The molecule has 0 saturated carbocycles. The molecule has 1 rings (SSSR count). The molecule has 1 unspecified atom stereocenters. The van der Waals surface area contributed by atoms with E-state index in [1.807, 2.05) is 26.8 Å². The molecule has 0 saturated heterocycles. The van der Waals surface area contributed by atoms with E-state index in [0.717, 1.165) is 30.8 Å². The van der Waals surface area contributed by atoms with E-state index < -0.39 is 0 Å². The fourth-order valence-electron chi connectivity index (χ4n) is 1.88. The Kier molecular flexibility index (Phi) is 6.58. The Balaban J connectivity index is 2.66. The van der Waals surface area contributed by atoms with Gasteiger partial charge in [-0.25, -0.2) is 0 Å². The lowest BCUT2D eigenvalue weighted by molar-refractivity contribution is 0.287. The zero-order valence-corrected chi connectivity index (χ0v) is 11.7. The highest BCUT2D eigenvalue weighted by Crippen LogP contribution is 2.29. The van der Waals surface area contributed by atoms with E-state index in [1.165, 1.54) is 5.56 Å². The van der Waals surface area contributed by atoms with E-state index in [2.05, 4.69) is 12.1 Å². The van der Waals surface area contributed by atoms with Crippen molar-refractivity contribution in [1.82, 2.24) is 0 Å². The van der Waals surface area contributed by atoms with Crippen LogP contribution in [0.15, 0.2) is 18.2 Å². The Morgan fingerprint density at radius 3 is 2.39 bits per heavy atom. The second-order valence-corrected chi connectivity index (χ2v) is 4.52. The van der Waals surface area contributed by atoms with Gasteiger partial charge in [0, 0.05) is 6.04 Å². The molecule has 0 heterocycles. The molecule has 2 N–H and O–H groups in total. The van der Waals surface area contributed by atoms with Crippen LogP contribution < -0.4 is 15.2 Å². The first kappa shape index (κ1) is 14.8. The number of hydrogen-bond acceptors (Lipinski definition) is 3. The Bertz CT molecular complexity index is 350. The van der Waals surface area contributed by atoms with Gasteiger partial charge in [0.05, 0.1) is 13.2 Å². The van der Waals surface area contributed by atoms with Crippen molar-refractivity contribution in [3.05, 3.63) is 23.8 Å². The van der Waals surface area contributed by atoms with Gasteiger partial charge in [0.15, 0.2) is 11.5 Å². The summed E-state index contributed by atoms with van der Waals surface area (Å²) in [6.45, 7) is 7.32. The summed E-state index contributed by atoms with van der Waals surface area (Å²) in [6.07, 6.45) is 3.20. The molecule has 0 fully saturated rings. The summed E-state index contributed by atoms with van der Waals surface area (Å²) in [6, 6.07) is 6.46. The van der Waals surface area contributed by atoms with Crippen molar-refractivity contribution in [2.24, 2.45) is 5.73 Å². The zero-order chi connectivity index (χ0) is 13.4. The fourth-order valence-corrected chi connectivity index (χ4v) is 1.88. The maximum atomic E-state index is 5.75. The average Bonchev–Trinajstić information content (AvgIpc) is 2.32. The normalized spacial score (nSPS) is 12.2. The summed E-state index contributed by atoms with van der Waals surface area (Å²) in [4.78, 5) is 0. The summed E-state index contributed by atoms with van der Waals surface area (Å²) in [5.74, 6) is 1.67. The van der Waals surface area contributed by atoms with E-state index in [9.17, 15) is 0 Å². The number of benzene rings is 1. The maximum Gasteiger partial charge on any atom is 0.161 e. The van der Waals surface area contributed by atoms with Gasteiger partial charge in [-0.05, 0) is 57.7 Å². The maximum absolute atomic E-state index is 5.75. The van der Waals surface area contributed by atoms with Crippen molar-refractivity contribution >= 4 is 0 Å². The Morgan fingerprint density at radius 2 is 1.78 bits per heavy atom. The van der Waals surface area contributed by atoms with Crippen LogP contribution in [0.2, 0.25) is 0 Å². The third-order valence-electron chi connectivity index (χ3n) is 2.73. The van der Waals surface area contributed by atoms with Gasteiger partial charge in [-0.2, -0.15) is 0 Å². The summed E-state index contributed by atoms with van der Waals surface area (Å²) in [5, 5.41) is 0. The molecule has 0 spiro atoms. The van der Waals surface area contributed by atoms with Crippen LogP contribution in [-0.4, -0.2) is 19.3 Å². The minimum Gasteiger partial charge on any atom is -0.490 e. The quantitative estimate of drug-likeness (QED) is 0.772. The van der Waals surface area contributed by atoms with Crippen LogP contribution in [0, 0.1) is 0 Å². The highest BCUT2D eigenvalue weighted by atomic mass is 16.5. The summed E-state index contributed by atoms with van der Waals surface area (Å²) >= 11 is 0. The highest BCUT2D eigenvalue weighted by molar-refractivity contribution is 5.43. The predicted octanol–water partition coefficient (Wildman–Crippen LogP) is 3.15. The molecule has 0 radical (unpaired) electrons. The molecule has 0 amide bonds. The lowest BCUT2D eigenvalue weighted by Crippen LogP contribution is -2.14. The van der Waals surface area contributed by atoms with E-state index in [-0.39, 0.29) is 6.04 Å². The molecule has 1 aromatic carbocycles. The largest absolute Gasteiger partial charge is 0.490 e. The standard InChI is InChI=1S/C15H25NO2/c1-4-17-14-10-9-13(8-6-7-12(3)16)11-15(14)18-5-2/h9-12H,4-8,16H2,1-3H3. The number of ether oxygens (including phenoxy) is 2. The van der Waals surface area contributed by atoms with Gasteiger partial charge in [0.25, 0.3) is 0 Å². The first-order valence-electron chi connectivity index (χ1n) is 6.81. The zero-order valence-electron chi connectivity index (χ0n) is 11.7. The third-order valence-corrected chi connectivity index (χ3v) is 2.73. The third kappa shape index (κ3) is 4.96. The van der Waals surface area contributed by atoms with Crippen LogP contribution >= 0.6 is 0 Å². The van der Waals surface area contributed by atoms with E-state index in [4.69, 9.17) is 15.2 Å². The van der Waals surface area contributed by atoms with Crippen LogP contribution in [-0.2, 0) is 6.42 Å². The van der Waals surface area contributed by atoms with Crippen molar-refractivity contribution in [3.63, 3.8) is 0 Å². The van der Waals surface area contributed by atoms with Crippen LogP contribution in [0.25, 0.3) is 0 Å². The molecule has 0 aliphatic heterocycles. The van der Waals surface area contributed by atoms with Gasteiger partial charge in [0.2, 0.25) is 0 Å². The number of rotatable bonds is 8. The molecule has 0 aromatic heterocycles. The van der Waals surface area contributed by atoms with E-state index >= 15 is 0 Å². The number of aryl methyl sites for hydroxylation is 1. The topological polar surface area (TPSA) is 44.5 Å². The van der Waals surface area contributed by atoms with E-state index in [1.54, 1.807) is 0 Å². The molecule has 3 nitrogen and oxygen atoms in total. The average molecular weight is 251 g/mol. The lowest BCUT2D eigenvalue weighted by atomic mass is 10.1. The number of hydrogen-bond donors (Lipinski definition) is 1. The smallest absolute Gasteiger partial charge is 0.161 e. The molecule has 1 aromatic rings. The Morgan fingerprint density at radius 1 is 1.11 bits per heavy atom. The molecule has 0 aliphatic carbocycles. The second-order valence-electron chi connectivity index (χ2n) is 4.52. The molecular weight excluding hydrogens is 226 g/mol. The van der Waals surface area contributed by atoms with Gasteiger partial charge in [0.1, 0.15) is 0 Å². The van der Waals surface area contributed by atoms with Gasteiger partial charge < -0.3 is 15.2 Å². The minimum absolute atomic E-state index is 0.277. The van der Waals surface area contributed by atoms with Crippen molar-refractivity contribution < 1.29 is 9.47 Å².